The second kappa shape index (κ2) is 19.0. The summed E-state index contributed by atoms with van der Waals surface area (Å²) >= 11 is 7.29. The van der Waals surface area contributed by atoms with Crippen molar-refractivity contribution in [2.45, 2.75) is 63.5 Å². The molecule has 0 saturated carbocycles. The van der Waals surface area contributed by atoms with Gasteiger partial charge in [0.2, 0.25) is 0 Å². The molecule has 0 bridgehead atoms. The van der Waals surface area contributed by atoms with E-state index < -0.39 is 37.5 Å². The Hall–Kier alpha value is -5.27. The molecular formula is C43H51ClN8O8S2. The van der Waals surface area contributed by atoms with Gasteiger partial charge in [-0.15, -0.1) is 11.3 Å². The molecule has 1 aromatic heterocycles. The van der Waals surface area contributed by atoms with Crippen LogP contribution in [0.4, 0.5) is 27.0 Å². The van der Waals surface area contributed by atoms with Crippen molar-refractivity contribution in [1.29, 1.82) is 0 Å². The Kier molecular flexibility index (Phi) is 13.7. The lowest BCUT2D eigenvalue weighted by Crippen LogP contribution is -2.47. The molecule has 1 aliphatic carbocycles. The fourth-order valence-electron chi connectivity index (χ4n) is 8.15. The fraction of sp³-hybridized carbons (Fsp3) is 0.419. The second-order valence-electron chi connectivity index (χ2n) is 16.8. The summed E-state index contributed by atoms with van der Waals surface area (Å²) in [7, 11) is -2.58. The van der Waals surface area contributed by atoms with E-state index in [1.807, 2.05) is 19.2 Å². The van der Waals surface area contributed by atoms with Gasteiger partial charge in [0.1, 0.15) is 18.0 Å². The number of thiazole rings is 1. The number of ether oxygens (including phenoxy) is 1. The number of halogens is 1. The predicted molar refractivity (Wildman–Crippen MR) is 241 cm³/mol. The molecule has 2 amide bonds. The van der Waals surface area contributed by atoms with Crippen molar-refractivity contribution in [2.24, 2.45) is 5.41 Å². The summed E-state index contributed by atoms with van der Waals surface area (Å²) < 4.78 is 35.5. The molecule has 2 saturated heterocycles. The largest absolute Gasteiger partial charge is 0.486 e. The zero-order valence-electron chi connectivity index (χ0n) is 34.9. The van der Waals surface area contributed by atoms with Gasteiger partial charge in [-0.1, -0.05) is 43.2 Å². The highest BCUT2D eigenvalue weighted by molar-refractivity contribution is 7.90. The maximum Gasteiger partial charge on any atom is 0.410 e. The van der Waals surface area contributed by atoms with E-state index in [-0.39, 0.29) is 40.2 Å². The number of rotatable bonds is 14. The molecule has 62 heavy (non-hydrogen) atoms. The number of carbonyl (C=O) groups is 2. The molecule has 0 radical (unpaired) electrons. The Bertz CT molecular complexity index is 2440. The Morgan fingerprint density at radius 1 is 1.03 bits per heavy atom. The van der Waals surface area contributed by atoms with Crippen molar-refractivity contribution in [2.75, 3.05) is 68.4 Å². The van der Waals surface area contributed by atoms with E-state index in [4.69, 9.17) is 21.4 Å². The molecule has 0 atom stereocenters. The molecule has 3 aliphatic rings. The number of aromatic nitrogens is 1. The van der Waals surface area contributed by atoms with Crippen LogP contribution in [0, 0.1) is 15.5 Å². The van der Waals surface area contributed by atoms with Crippen molar-refractivity contribution in [3.05, 3.63) is 104 Å². The lowest BCUT2D eigenvalue weighted by atomic mass is 9.72. The second-order valence-corrected chi connectivity index (χ2v) is 19.8. The standard InChI is InChI=1S/C43H51ClN8O8S2/c1-43(2)15-12-29(36(24-43)28-4-6-30(44)7-5-28)25-50-18-20-51(21-19-50)33-8-10-35(39(22-33)60-26-32-27-61-41(46-32)47-42(54)55)40(53)48-62(58,59)34-9-11-37(38(23-34)52(56)57)45-31-13-16-49(3)17-14-31/h4-11,22-23,27,31,45H,12-21,24-26H2,1-3H3,(H,46,47)(H,48,53)(H,54,55). The van der Waals surface area contributed by atoms with Crippen LogP contribution in [-0.2, 0) is 16.6 Å². The Balaban J connectivity index is 1.08. The monoisotopic (exact) mass is 906 g/mol. The molecule has 330 valence electrons. The first-order chi connectivity index (χ1) is 29.5. The average molecular weight is 908 g/mol. The van der Waals surface area contributed by atoms with Crippen LogP contribution in [0.5, 0.6) is 5.75 Å². The molecule has 19 heteroatoms. The number of nitrogens with one attached hydrogen (secondary N) is 3. The number of amides is 2. The highest BCUT2D eigenvalue weighted by Gasteiger charge is 2.31. The van der Waals surface area contributed by atoms with E-state index in [9.17, 15) is 28.1 Å². The molecule has 4 aromatic rings. The molecule has 0 unspecified atom stereocenters. The summed E-state index contributed by atoms with van der Waals surface area (Å²) in [6, 6.07) is 16.5. The smallest absolute Gasteiger partial charge is 0.410 e. The van der Waals surface area contributed by atoms with E-state index in [1.54, 1.807) is 17.5 Å². The van der Waals surface area contributed by atoms with Crippen LogP contribution in [0.15, 0.2) is 76.5 Å². The first-order valence-corrected chi connectivity index (χ1v) is 23.2. The first kappa shape index (κ1) is 44.8. The maximum absolute atomic E-state index is 13.8. The van der Waals surface area contributed by atoms with Crippen molar-refractivity contribution >= 4 is 72.7 Å². The number of hydrogen-bond donors (Lipinski definition) is 4. The molecule has 3 heterocycles. The van der Waals surface area contributed by atoms with E-state index >= 15 is 0 Å². The number of anilines is 3. The number of piperidine rings is 1. The molecule has 2 aliphatic heterocycles. The van der Waals surface area contributed by atoms with Crippen molar-refractivity contribution in [3.63, 3.8) is 0 Å². The summed E-state index contributed by atoms with van der Waals surface area (Å²) in [6.45, 7) is 9.93. The summed E-state index contributed by atoms with van der Waals surface area (Å²) in [5.41, 5.74) is 5.08. The minimum Gasteiger partial charge on any atom is -0.486 e. The van der Waals surface area contributed by atoms with E-state index in [2.05, 4.69) is 61.0 Å². The highest BCUT2D eigenvalue weighted by Crippen LogP contribution is 2.43. The minimum atomic E-state index is -4.59. The molecule has 3 aromatic carbocycles. The lowest BCUT2D eigenvalue weighted by molar-refractivity contribution is -0.384. The van der Waals surface area contributed by atoms with Gasteiger partial charge in [-0.05, 0) is 105 Å². The van der Waals surface area contributed by atoms with Gasteiger partial charge in [0.05, 0.1) is 21.1 Å². The van der Waals surface area contributed by atoms with Gasteiger partial charge in [0.25, 0.3) is 21.6 Å². The topological polar surface area (TPSA) is 200 Å². The summed E-state index contributed by atoms with van der Waals surface area (Å²) in [4.78, 5) is 47.0. The van der Waals surface area contributed by atoms with Gasteiger partial charge < -0.3 is 25.0 Å². The van der Waals surface area contributed by atoms with Crippen LogP contribution in [0.1, 0.15) is 67.6 Å². The zero-order chi connectivity index (χ0) is 44.2. The number of carbonyl (C=O) groups excluding carboxylic acids is 1. The van der Waals surface area contributed by atoms with E-state index in [0.29, 0.717) is 23.8 Å². The van der Waals surface area contributed by atoms with Gasteiger partial charge in [0, 0.05) is 67.0 Å². The number of allylic oxidation sites excluding steroid dienone is 1. The Morgan fingerprint density at radius 2 is 1.76 bits per heavy atom. The third-order valence-corrected chi connectivity index (χ3v) is 14.0. The normalized spacial score (nSPS) is 17.7. The molecule has 7 rings (SSSR count). The van der Waals surface area contributed by atoms with Crippen LogP contribution in [-0.4, -0.2) is 104 Å². The Morgan fingerprint density at radius 3 is 2.45 bits per heavy atom. The van der Waals surface area contributed by atoms with Gasteiger partial charge >= 0.3 is 6.09 Å². The van der Waals surface area contributed by atoms with E-state index in [0.717, 1.165) is 87.9 Å². The van der Waals surface area contributed by atoms with Crippen molar-refractivity contribution in [3.8, 4) is 5.75 Å². The number of carboxylic acid groups (broad SMARTS) is 1. The minimum absolute atomic E-state index is 0.0115. The van der Waals surface area contributed by atoms with Crippen LogP contribution < -0.4 is 25.0 Å². The number of sulfonamides is 1. The van der Waals surface area contributed by atoms with Crippen LogP contribution in [0.25, 0.3) is 5.57 Å². The first-order valence-electron chi connectivity index (χ1n) is 20.5. The maximum atomic E-state index is 13.8. The third-order valence-electron chi connectivity index (χ3n) is 11.7. The highest BCUT2D eigenvalue weighted by atomic mass is 35.5. The van der Waals surface area contributed by atoms with Crippen LogP contribution >= 0.6 is 22.9 Å². The molecule has 16 nitrogen and oxygen atoms in total. The zero-order valence-corrected chi connectivity index (χ0v) is 37.2. The molecule has 4 N–H and O–H groups in total. The van der Waals surface area contributed by atoms with Gasteiger partial charge in [-0.3, -0.25) is 25.1 Å². The van der Waals surface area contributed by atoms with Crippen molar-refractivity contribution in [1.82, 2.24) is 19.5 Å². The quantitative estimate of drug-likeness (QED) is 0.0707. The van der Waals surface area contributed by atoms with E-state index in [1.165, 1.54) is 34.9 Å². The SMILES string of the molecule is CN1CCC(Nc2ccc(S(=O)(=O)NC(=O)c3ccc(N4CCN(CC5=C(c6ccc(Cl)cc6)CC(C)(C)CC5)CC4)cc3OCc3csc(NC(=O)O)n3)cc2[N+](=O)[O-])CC1. The van der Waals surface area contributed by atoms with Gasteiger partial charge in [-0.2, -0.15) is 0 Å². The molecule has 2 fully saturated rings. The fourth-order valence-corrected chi connectivity index (χ4v) is 9.94. The van der Waals surface area contributed by atoms with Crippen molar-refractivity contribution < 1.29 is 32.8 Å². The van der Waals surface area contributed by atoms with Crippen LogP contribution in [0.2, 0.25) is 5.02 Å². The van der Waals surface area contributed by atoms with Gasteiger partial charge in [0.15, 0.2) is 5.13 Å². The number of nitro groups is 1. The summed E-state index contributed by atoms with van der Waals surface area (Å²) in [5.74, 6) is -0.927. The molecular weight excluding hydrogens is 856 g/mol. The summed E-state index contributed by atoms with van der Waals surface area (Å²) in [5, 5.41) is 29.1. The number of benzene rings is 3. The lowest BCUT2D eigenvalue weighted by Gasteiger charge is -2.39. The number of likely N-dealkylation sites (tertiary alicyclic amines) is 1. The Labute approximate surface area is 370 Å². The number of nitrogens with zero attached hydrogens (tertiary/aromatic N) is 5. The number of nitro benzene ring substituents is 1. The van der Waals surface area contributed by atoms with Gasteiger partial charge in [-0.25, -0.2) is 22.9 Å². The number of piperazine rings is 1. The number of hydrogen-bond acceptors (Lipinski definition) is 13. The molecule has 0 spiro atoms. The third kappa shape index (κ3) is 11.2. The van der Waals surface area contributed by atoms with Crippen LogP contribution in [0.3, 0.4) is 0 Å². The average Bonchev–Trinajstić information content (AvgIpc) is 3.68. The predicted octanol–water partition coefficient (Wildman–Crippen LogP) is 7.78. The summed E-state index contributed by atoms with van der Waals surface area (Å²) in [6.07, 6.45) is 3.41.